The number of thiophene rings is 1. The first-order valence-corrected chi connectivity index (χ1v) is 8.48. The molecule has 0 amide bonds. The molecule has 0 radical (unpaired) electrons. The Balaban J connectivity index is 2.37. The monoisotopic (exact) mass is 325 g/mol. The molecule has 7 heteroatoms. The first kappa shape index (κ1) is 15.7. The third kappa shape index (κ3) is 3.49. The Bertz CT molecular complexity index is 751. The highest BCUT2D eigenvalue weighted by Gasteiger charge is 2.28. The smallest absolute Gasteiger partial charge is 0.326 e. The van der Waals surface area contributed by atoms with Crippen molar-refractivity contribution in [1.29, 1.82) is 0 Å². The van der Waals surface area contributed by atoms with Gasteiger partial charge >= 0.3 is 5.97 Å². The van der Waals surface area contributed by atoms with Gasteiger partial charge in [-0.1, -0.05) is 30.3 Å². The van der Waals surface area contributed by atoms with Crippen LogP contribution in [0.1, 0.15) is 21.4 Å². The summed E-state index contributed by atoms with van der Waals surface area (Å²) in [6.07, 6.45) is 0. The fourth-order valence-corrected chi connectivity index (χ4v) is 4.73. The number of hydrogen-bond acceptors (Lipinski definition) is 4. The molecular formula is C14H15NO4S2. The zero-order chi connectivity index (χ0) is 15.6. The molecule has 1 heterocycles. The molecule has 0 unspecified atom stereocenters. The van der Waals surface area contributed by atoms with Crippen LogP contribution in [0.3, 0.4) is 0 Å². The predicted molar refractivity (Wildman–Crippen MR) is 80.9 cm³/mol. The zero-order valence-corrected chi connectivity index (χ0v) is 13.2. The second-order valence-electron chi connectivity index (χ2n) is 4.58. The van der Waals surface area contributed by atoms with Gasteiger partial charge in [0.05, 0.1) is 4.90 Å². The van der Waals surface area contributed by atoms with Gasteiger partial charge in [-0.3, -0.25) is 4.79 Å². The minimum absolute atomic E-state index is 0.132. The molecule has 2 rings (SSSR count). The van der Waals surface area contributed by atoms with Crippen molar-refractivity contribution in [3.05, 3.63) is 51.7 Å². The average Bonchev–Trinajstić information content (AvgIpc) is 2.77. The zero-order valence-electron chi connectivity index (χ0n) is 11.5. The van der Waals surface area contributed by atoms with E-state index in [2.05, 4.69) is 4.72 Å². The third-order valence-corrected chi connectivity index (χ3v) is 5.58. The Morgan fingerprint density at radius 1 is 1.24 bits per heavy atom. The largest absolute Gasteiger partial charge is 0.480 e. The van der Waals surface area contributed by atoms with E-state index in [0.717, 1.165) is 4.88 Å². The van der Waals surface area contributed by atoms with Crippen LogP contribution in [0.4, 0.5) is 0 Å². The molecule has 112 valence electrons. The standard InChI is InChI=1S/C14H15NO4S2/c1-9-8-12(10(2)20-9)21(18,19)15-13(14(16)17)11-6-4-3-5-7-11/h3-8,13,15H,1-2H3,(H,16,17)/t13-/m0/s1. The van der Waals surface area contributed by atoms with Gasteiger partial charge in [-0.15, -0.1) is 11.3 Å². The molecule has 1 atom stereocenters. The molecule has 1 aromatic carbocycles. The highest BCUT2D eigenvalue weighted by molar-refractivity contribution is 7.89. The van der Waals surface area contributed by atoms with E-state index in [1.807, 2.05) is 6.92 Å². The minimum Gasteiger partial charge on any atom is -0.480 e. The maximum Gasteiger partial charge on any atom is 0.326 e. The van der Waals surface area contributed by atoms with Crippen LogP contribution in [-0.2, 0) is 14.8 Å². The van der Waals surface area contributed by atoms with Crippen molar-refractivity contribution in [3.63, 3.8) is 0 Å². The summed E-state index contributed by atoms with van der Waals surface area (Å²) in [5.41, 5.74) is 0.387. The molecule has 0 saturated carbocycles. The van der Waals surface area contributed by atoms with Gasteiger partial charge in [0.15, 0.2) is 0 Å². The minimum atomic E-state index is -3.88. The maximum atomic E-state index is 12.4. The number of aryl methyl sites for hydroxylation is 2. The lowest BCUT2D eigenvalue weighted by Crippen LogP contribution is -2.33. The van der Waals surface area contributed by atoms with E-state index in [0.29, 0.717) is 10.4 Å². The van der Waals surface area contributed by atoms with Crippen molar-refractivity contribution < 1.29 is 18.3 Å². The van der Waals surface area contributed by atoms with Crippen LogP contribution < -0.4 is 4.72 Å². The maximum absolute atomic E-state index is 12.4. The number of aliphatic carboxylic acids is 1. The van der Waals surface area contributed by atoms with Crippen molar-refractivity contribution in [2.45, 2.75) is 24.8 Å². The summed E-state index contributed by atoms with van der Waals surface area (Å²) in [5.74, 6) is -1.24. The van der Waals surface area contributed by atoms with Crippen LogP contribution in [0.2, 0.25) is 0 Å². The van der Waals surface area contributed by atoms with Crippen molar-refractivity contribution in [1.82, 2.24) is 4.72 Å². The third-order valence-electron chi connectivity index (χ3n) is 2.94. The quantitative estimate of drug-likeness (QED) is 0.884. The highest BCUT2D eigenvalue weighted by Crippen LogP contribution is 2.26. The van der Waals surface area contributed by atoms with Crippen molar-refractivity contribution in [2.75, 3.05) is 0 Å². The lowest BCUT2D eigenvalue weighted by atomic mass is 10.1. The predicted octanol–water partition coefficient (Wildman–Crippen LogP) is 2.47. The van der Waals surface area contributed by atoms with Crippen LogP contribution >= 0.6 is 11.3 Å². The Kier molecular flexibility index (Phi) is 4.46. The summed E-state index contributed by atoms with van der Waals surface area (Å²) in [5, 5.41) is 9.29. The molecule has 2 N–H and O–H groups in total. The van der Waals surface area contributed by atoms with Gasteiger partial charge in [-0.05, 0) is 25.5 Å². The summed E-state index contributed by atoms with van der Waals surface area (Å²) in [7, 11) is -3.88. The molecule has 0 fully saturated rings. The molecule has 1 aromatic heterocycles. The van der Waals surface area contributed by atoms with Crippen molar-refractivity contribution in [2.24, 2.45) is 0 Å². The number of benzene rings is 1. The van der Waals surface area contributed by atoms with Crippen LogP contribution in [-0.4, -0.2) is 19.5 Å². The molecule has 21 heavy (non-hydrogen) atoms. The highest BCUT2D eigenvalue weighted by atomic mass is 32.2. The second-order valence-corrected chi connectivity index (χ2v) is 7.72. The first-order valence-electron chi connectivity index (χ1n) is 6.18. The normalized spacial score (nSPS) is 13.0. The van der Waals surface area contributed by atoms with Gasteiger partial charge in [-0.2, -0.15) is 4.72 Å². The van der Waals surface area contributed by atoms with Crippen molar-refractivity contribution in [3.8, 4) is 0 Å². The Hall–Kier alpha value is -1.70. The second kappa shape index (κ2) is 5.97. The summed E-state index contributed by atoms with van der Waals surface area (Å²) in [6, 6.07) is 8.46. The van der Waals surface area contributed by atoms with Gasteiger partial charge in [0.2, 0.25) is 10.0 Å². The van der Waals surface area contributed by atoms with E-state index >= 15 is 0 Å². The summed E-state index contributed by atoms with van der Waals surface area (Å²) in [6.45, 7) is 3.51. The fraction of sp³-hybridized carbons (Fsp3) is 0.214. The lowest BCUT2D eigenvalue weighted by molar-refractivity contribution is -0.139. The number of hydrogen-bond donors (Lipinski definition) is 2. The van der Waals surface area contributed by atoms with Crippen molar-refractivity contribution >= 4 is 27.3 Å². The molecule has 0 saturated heterocycles. The molecule has 2 aromatic rings. The number of carbonyl (C=O) groups is 1. The molecule has 0 aliphatic carbocycles. The number of rotatable bonds is 5. The molecule has 0 aliphatic rings. The Morgan fingerprint density at radius 3 is 2.33 bits per heavy atom. The summed E-state index contributed by atoms with van der Waals surface area (Å²) >= 11 is 1.36. The SMILES string of the molecule is Cc1cc(S(=O)(=O)N[C@H](C(=O)O)c2ccccc2)c(C)s1. The molecule has 5 nitrogen and oxygen atoms in total. The van der Waals surface area contributed by atoms with E-state index in [9.17, 15) is 18.3 Å². The van der Waals surface area contributed by atoms with E-state index in [-0.39, 0.29) is 4.90 Å². The van der Waals surface area contributed by atoms with Crippen LogP contribution in [0.25, 0.3) is 0 Å². The van der Waals surface area contributed by atoms with Gasteiger partial charge in [0.1, 0.15) is 6.04 Å². The van der Waals surface area contributed by atoms with E-state index in [4.69, 9.17) is 0 Å². The number of carboxylic acid groups (broad SMARTS) is 1. The number of nitrogens with one attached hydrogen (secondary N) is 1. The Labute approximate surface area is 127 Å². The number of sulfonamides is 1. The van der Waals surface area contributed by atoms with Gasteiger partial charge in [0.25, 0.3) is 0 Å². The lowest BCUT2D eigenvalue weighted by Gasteiger charge is -2.15. The van der Waals surface area contributed by atoms with E-state index in [1.165, 1.54) is 11.3 Å². The van der Waals surface area contributed by atoms with E-state index < -0.39 is 22.0 Å². The van der Waals surface area contributed by atoms with Gasteiger partial charge in [-0.25, -0.2) is 8.42 Å². The average molecular weight is 325 g/mol. The van der Waals surface area contributed by atoms with E-state index in [1.54, 1.807) is 43.3 Å². The molecule has 0 spiro atoms. The van der Waals surface area contributed by atoms with Crippen LogP contribution in [0.15, 0.2) is 41.3 Å². The molecule has 0 aliphatic heterocycles. The fourth-order valence-electron chi connectivity index (χ4n) is 2.00. The van der Waals surface area contributed by atoms with Crippen LogP contribution in [0.5, 0.6) is 0 Å². The summed E-state index contributed by atoms with van der Waals surface area (Å²) in [4.78, 5) is 13.0. The van der Waals surface area contributed by atoms with Crippen LogP contribution in [0, 0.1) is 13.8 Å². The summed E-state index contributed by atoms with van der Waals surface area (Å²) < 4.78 is 27.0. The molecular weight excluding hydrogens is 310 g/mol. The van der Waals surface area contributed by atoms with Gasteiger partial charge < -0.3 is 5.11 Å². The topological polar surface area (TPSA) is 83.5 Å². The number of carboxylic acids is 1. The Morgan fingerprint density at radius 2 is 1.86 bits per heavy atom. The van der Waals surface area contributed by atoms with Gasteiger partial charge in [0, 0.05) is 9.75 Å². The molecule has 0 bridgehead atoms. The first-order chi connectivity index (χ1) is 9.81.